The summed E-state index contributed by atoms with van der Waals surface area (Å²) in [7, 11) is 1.89. The first kappa shape index (κ1) is 18.9. The largest absolute Gasteiger partial charge is 0.335 e. The fourth-order valence-electron chi connectivity index (χ4n) is 2.93. The molecule has 1 aromatic rings. The highest BCUT2D eigenvalue weighted by Crippen LogP contribution is 2.17. The molecule has 0 bridgehead atoms. The minimum Gasteiger partial charge on any atom is -0.335 e. The second kappa shape index (κ2) is 9.79. The van der Waals surface area contributed by atoms with Crippen molar-refractivity contribution in [3.05, 3.63) is 34.3 Å². The fourth-order valence-corrected chi connectivity index (χ4v) is 3.19. The van der Waals surface area contributed by atoms with Crippen molar-refractivity contribution in [3.8, 4) is 0 Å². The third-order valence-electron chi connectivity index (χ3n) is 4.30. The SMILES string of the molecule is CN(CCc1ccc(Br)cc1)CC(=O)NC(=O)NC1CCCCC1. The van der Waals surface area contributed by atoms with Gasteiger partial charge in [-0.15, -0.1) is 0 Å². The Morgan fingerprint density at radius 1 is 1.17 bits per heavy atom. The van der Waals surface area contributed by atoms with E-state index in [0.29, 0.717) is 0 Å². The van der Waals surface area contributed by atoms with Crippen molar-refractivity contribution < 1.29 is 9.59 Å². The highest BCUT2D eigenvalue weighted by Gasteiger charge is 2.17. The van der Waals surface area contributed by atoms with Crippen LogP contribution < -0.4 is 10.6 Å². The molecule has 1 fully saturated rings. The topological polar surface area (TPSA) is 61.4 Å². The van der Waals surface area contributed by atoms with E-state index < -0.39 is 0 Å². The maximum atomic E-state index is 11.9. The summed E-state index contributed by atoms with van der Waals surface area (Å²) in [6.07, 6.45) is 6.42. The van der Waals surface area contributed by atoms with Crippen LogP contribution in [0.3, 0.4) is 0 Å². The molecule has 3 amide bonds. The van der Waals surface area contributed by atoms with Crippen LogP contribution in [0, 0.1) is 0 Å². The number of rotatable bonds is 6. The molecule has 0 aliphatic heterocycles. The Kier molecular flexibility index (Phi) is 7.72. The third-order valence-corrected chi connectivity index (χ3v) is 4.83. The first-order chi connectivity index (χ1) is 11.5. The first-order valence-corrected chi connectivity index (χ1v) is 9.35. The Morgan fingerprint density at radius 2 is 1.83 bits per heavy atom. The number of carbonyl (C=O) groups is 2. The van der Waals surface area contributed by atoms with Gasteiger partial charge in [0, 0.05) is 17.1 Å². The zero-order valence-corrected chi connectivity index (χ0v) is 15.8. The molecule has 132 valence electrons. The zero-order valence-electron chi connectivity index (χ0n) is 14.2. The number of halogens is 1. The number of likely N-dealkylation sites (N-methyl/N-ethyl adjacent to an activating group) is 1. The van der Waals surface area contributed by atoms with Gasteiger partial charge in [-0.05, 0) is 44.0 Å². The van der Waals surface area contributed by atoms with E-state index in [1.165, 1.54) is 12.0 Å². The average molecular weight is 396 g/mol. The molecule has 0 atom stereocenters. The summed E-state index contributed by atoms with van der Waals surface area (Å²) in [4.78, 5) is 25.7. The van der Waals surface area contributed by atoms with Gasteiger partial charge in [-0.2, -0.15) is 0 Å². The van der Waals surface area contributed by atoms with Crippen LogP contribution in [0.25, 0.3) is 0 Å². The molecule has 2 N–H and O–H groups in total. The number of hydrogen-bond donors (Lipinski definition) is 2. The van der Waals surface area contributed by atoms with Crippen molar-refractivity contribution in [2.75, 3.05) is 20.1 Å². The van der Waals surface area contributed by atoms with E-state index in [0.717, 1.165) is 43.1 Å². The van der Waals surface area contributed by atoms with Gasteiger partial charge in [-0.25, -0.2) is 4.79 Å². The van der Waals surface area contributed by atoms with Crippen molar-refractivity contribution in [1.82, 2.24) is 15.5 Å². The molecule has 1 aliphatic rings. The first-order valence-electron chi connectivity index (χ1n) is 8.56. The fraction of sp³-hybridized carbons (Fsp3) is 0.556. The van der Waals surface area contributed by atoms with Gasteiger partial charge in [0.05, 0.1) is 6.54 Å². The highest BCUT2D eigenvalue weighted by molar-refractivity contribution is 9.10. The van der Waals surface area contributed by atoms with Gasteiger partial charge in [0.15, 0.2) is 0 Å². The summed E-state index contributed by atoms with van der Waals surface area (Å²) in [5.74, 6) is -0.262. The van der Waals surface area contributed by atoms with Crippen molar-refractivity contribution in [2.45, 2.75) is 44.6 Å². The second-order valence-corrected chi connectivity index (χ2v) is 7.39. The number of carbonyl (C=O) groups excluding carboxylic acids is 2. The van der Waals surface area contributed by atoms with E-state index >= 15 is 0 Å². The molecule has 0 aromatic heterocycles. The van der Waals surface area contributed by atoms with Crippen LogP contribution in [-0.2, 0) is 11.2 Å². The Bertz CT molecular complexity index is 542. The number of urea groups is 1. The highest BCUT2D eigenvalue weighted by atomic mass is 79.9. The van der Waals surface area contributed by atoms with Crippen LogP contribution in [0.4, 0.5) is 4.79 Å². The Hall–Kier alpha value is -1.40. The molecule has 0 spiro atoms. The second-order valence-electron chi connectivity index (χ2n) is 6.47. The normalized spacial score (nSPS) is 15.3. The lowest BCUT2D eigenvalue weighted by Gasteiger charge is -2.23. The minimum absolute atomic E-state index is 0.210. The molecule has 6 heteroatoms. The van der Waals surface area contributed by atoms with Crippen LogP contribution in [0.2, 0.25) is 0 Å². The summed E-state index contributed by atoms with van der Waals surface area (Å²) in [6, 6.07) is 8.00. The smallest absolute Gasteiger partial charge is 0.321 e. The quantitative estimate of drug-likeness (QED) is 0.777. The van der Waals surface area contributed by atoms with E-state index in [2.05, 4.69) is 38.7 Å². The van der Waals surface area contributed by atoms with E-state index in [9.17, 15) is 9.59 Å². The maximum absolute atomic E-state index is 11.9. The van der Waals surface area contributed by atoms with Gasteiger partial charge in [-0.3, -0.25) is 15.0 Å². The van der Waals surface area contributed by atoms with Gasteiger partial charge >= 0.3 is 6.03 Å². The molecule has 1 saturated carbocycles. The lowest BCUT2D eigenvalue weighted by Crippen LogP contribution is -2.47. The van der Waals surface area contributed by atoms with E-state index in [1.54, 1.807) is 0 Å². The molecule has 1 aromatic carbocycles. The zero-order chi connectivity index (χ0) is 17.4. The number of nitrogens with zero attached hydrogens (tertiary/aromatic N) is 1. The average Bonchev–Trinajstić information content (AvgIpc) is 2.55. The standard InChI is InChI=1S/C18H26BrN3O2/c1-22(12-11-14-7-9-15(19)10-8-14)13-17(23)21-18(24)20-16-5-3-2-4-6-16/h7-10,16H,2-6,11-13H2,1H3,(H2,20,21,23,24). The van der Waals surface area contributed by atoms with Crippen LogP contribution in [0.5, 0.6) is 0 Å². The van der Waals surface area contributed by atoms with Crippen LogP contribution in [-0.4, -0.2) is 43.0 Å². The number of amides is 3. The lowest BCUT2D eigenvalue weighted by molar-refractivity contribution is -0.120. The lowest BCUT2D eigenvalue weighted by atomic mass is 9.96. The molecular formula is C18H26BrN3O2. The van der Waals surface area contributed by atoms with Crippen molar-refractivity contribution in [1.29, 1.82) is 0 Å². The molecule has 1 aliphatic carbocycles. The molecule has 24 heavy (non-hydrogen) atoms. The van der Waals surface area contributed by atoms with E-state index in [4.69, 9.17) is 0 Å². The Labute approximate surface area is 152 Å². The van der Waals surface area contributed by atoms with Gasteiger partial charge in [0.1, 0.15) is 0 Å². The maximum Gasteiger partial charge on any atom is 0.321 e. The number of imide groups is 1. The summed E-state index contributed by atoms with van der Waals surface area (Å²) in [5, 5.41) is 5.32. The van der Waals surface area contributed by atoms with Crippen molar-refractivity contribution >= 4 is 27.9 Å². The molecule has 0 saturated heterocycles. The van der Waals surface area contributed by atoms with Crippen molar-refractivity contribution in [3.63, 3.8) is 0 Å². The van der Waals surface area contributed by atoms with Gasteiger partial charge in [0.2, 0.25) is 5.91 Å². The van der Waals surface area contributed by atoms with Crippen LogP contribution >= 0.6 is 15.9 Å². The summed E-state index contributed by atoms with van der Waals surface area (Å²) >= 11 is 3.42. The number of benzene rings is 1. The predicted octanol–water partition coefficient (Wildman–Crippen LogP) is 3.08. The Morgan fingerprint density at radius 3 is 2.50 bits per heavy atom. The van der Waals surface area contributed by atoms with Gasteiger partial charge < -0.3 is 5.32 Å². The summed E-state index contributed by atoms with van der Waals surface area (Å²) in [6.45, 7) is 0.980. The molecule has 0 heterocycles. The van der Waals surface area contributed by atoms with Crippen LogP contribution in [0.1, 0.15) is 37.7 Å². The van der Waals surface area contributed by atoms with E-state index in [-0.39, 0.29) is 24.5 Å². The molecular weight excluding hydrogens is 370 g/mol. The number of hydrogen-bond acceptors (Lipinski definition) is 3. The van der Waals surface area contributed by atoms with Crippen LogP contribution in [0.15, 0.2) is 28.7 Å². The van der Waals surface area contributed by atoms with Gasteiger partial charge in [0.25, 0.3) is 0 Å². The molecule has 2 rings (SSSR count). The number of nitrogens with one attached hydrogen (secondary N) is 2. The van der Waals surface area contributed by atoms with E-state index in [1.807, 2.05) is 24.1 Å². The minimum atomic E-state index is -0.367. The third kappa shape index (κ3) is 7.01. The molecule has 0 unspecified atom stereocenters. The molecule has 0 radical (unpaired) electrons. The van der Waals surface area contributed by atoms with Crippen molar-refractivity contribution in [2.24, 2.45) is 0 Å². The Balaban J connectivity index is 1.65. The summed E-state index contributed by atoms with van der Waals surface area (Å²) in [5.41, 5.74) is 1.22. The summed E-state index contributed by atoms with van der Waals surface area (Å²) < 4.78 is 1.06. The monoisotopic (exact) mass is 395 g/mol. The molecule has 5 nitrogen and oxygen atoms in total. The van der Waals surface area contributed by atoms with Gasteiger partial charge in [-0.1, -0.05) is 47.3 Å². The predicted molar refractivity (Wildman–Crippen MR) is 98.9 cm³/mol.